The van der Waals surface area contributed by atoms with Crippen molar-refractivity contribution in [2.24, 2.45) is 0 Å². The Balaban J connectivity index is 1.11. The highest BCUT2D eigenvalue weighted by Gasteiger charge is 2.22. The van der Waals surface area contributed by atoms with E-state index in [1.54, 1.807) is 0 Å². The maximum absolute atomic E-state index is 6.53. The molecule has 5 nitrogen and oxygen atoms in total. The molecule has 0 saturated heterocycles. The van der Waals surface area contributed by atoms with Crippen molar-refractivity contribution in [3.63, 3.8) is 0 Å². The van der Waals surface area contributed by atoms with Crippen LogP contribution in [0.3, 0.4) is 0 Å². The van der Waals surface area contributed by atoms with Gasteiger partial charge in [-0.25, -0.2) is 4.98 Å². The molecule has 0 spiro atoms. The minimum Gasteiger partial charge on any atom is -0.456 e. The Morgan fingerprint density at radius 3 is 1.96 bits per heavy atom. The maximum atomic E-state index is 6.53. The first kappa shape index (κ1) is 30.3. The number of aromatic nitrogens is 2. The Hall–Kier alpha value is -7.15. The Labute approximate surface area is 318 Å². The van der Waals surface area contributed by atoms with Gasteiger partial charge in [0.2, 0.25) is 5.89 Å². The number of benzene rings is 8. The minimum absolute atomic E-state index is 0.592. The molecule has 8 aromatic carbocycles. The van der Waals surface area contributed by atoms with E-state index in [0.29, 0.717) is 5.89 Å². The van der Waals surface area contributed by atoms with E-state index in [1.807, 2.05) is 53.8 Å². The number of thiophene rings is 1. The van der Waals surface area contributed by atoms with Crippen molar-refractivity contribution in [3.8, 4) is 17.1 Å². The highest BCUT2D eigenvalue weighted by Crippen LogP contribution is 2.45. The van der Waals surface area contributed by atoms with Crippen molar-refractivity contribution >= 4 is 103 Å². The second-order valence-electron chi connectivity index (χ2n) is 14.0. The predicted molar refractivity (Wildman–Crippen MR) is 229 cm³/mol. The molecule has 0 N–H and O–H groups in total. The van der Waals surface area contributed by atoms with Gasteiger partial charge in [-0.15, -0.1) is 11.3 Å². The first-order valence-corrected chi connectivity index (χ1v) is 19.2. The smallest absolute Gasteiger partial charge is 0.227 e. The fourth-order valence-corrected chi connectivity index (χ4v) is 9.42. The molecule has 0 bridgehead atoms. The SMILES string of the molecule is c1ccc(-c2nc3ccc4oc5ccc(N(c6ccc7sc8ccccc8c7c6)c6ccc7c(c6)c6ccccc6n7-c6ccccc6)cc5c4c3o2)cc1. The fraction of sp³-hybridized carbons (Fsp3) is 0. The molecule has 0 saturated carbocycles. The van der Waals surface area contributed by atoms with Gasteiger partial charge in [0.25, 0.3) is 0 Å². The van der Waals surface area contributed by atoms with E-state index >= 15 is 0 Å². The summed E-state index contributed by atoms with van der Waals surface area (Å²) in [7, 11) is 0. The van der Waals surface area contributed by atoms with Crippen LogP contribution in [0.25, 0.3) is 92.2 Å². The zero-order valence-electron chi connectivity index (χ0n) is 29.3. The third-order valence-corrected chi connectivity index (χ3v) is 11.9. The molecule has 55 heavy (non-hydrogen) atoms. The minimum atomic E-state index is 0.592. The summed E-state index contributed by atoms with van der Waals surface area (Å²) in [6, 6.07) is 62.1. The van der Waals surface area contributed by atoms with Crippen LogP contribution < -0.4 is 4.90 Å². The van der Waals surface area contributed by atoms with Crippen molar-refractivity contribution < 1.29 is 8.83 Å². The van der Waals surface area contributed by atoms with Crippen LogP contribution in [0, 0.1) is 0 Å². The summed E-state index contributed by atoms with van der Waals surface area (Å²) in [5, 5.41) is 6.81. The second kappa shape index (κ2) is 11.7. The van der Waals surface area contributed by atoms with Crippen LogP contribution in [-0.4, -0.2) is 9.55 Å². The Morgan fingerprint density at radius 1 is 0.473 bits per heavy atom. The number of fused-ring (bicyclic) bond motifs is 11. The van der Waals surface area contributed by atoms with Gasteiger partial charge in [-0.1, -0.05) is 72.8 Å². The summed E-state index contributed by atoms with van der Waals surface area (Å²) in [6.07, 6.45) is 0. The predicted octanol–water partition coefficient (Wildman–Crippen LogP) is 14.3. The van der Waals surface area contributed by atoms with Crippen molar-refractivity contribution in [2.45, 2.75) is 0 Å². The van der Waals surface area contributed by atoms with Gasteiger partial charge in [-0.05, 0) is 103 Å². The lowest BCUT2D eigenvalue weighted by atomic mass is 10.1. The van der Waals surface area contributed by atoms with Gasteiger partial charge < -0.3 is 18.3 Å². The normalized spacial score (nSPS) is 12.0. The molecule has 0 aliphatic rings. The molecule has 0 aliphatic carbocycles. The standard InChI is InChI=1S/C49H29N3O2S/c1-3-11-30(12-4-1)49-50-40-22-25-44-47(48(40)54-49)39-29-33(20-24-43(39)53-44)51(34-21-26-46-38(28-34)36-16-8-10-18-45(36)55-46)32-19-23-42-37(27-32)35-15-7-9-17-41(35)52(42)31-13-5-2-6-14-31/h1-29H. The first-order valence-electron chi connectivity index (χ1n) is 18.4. The summed E-state index contributed by atoms with van der Waals surface area (Å²) in [5.41, 5.74) is 10.6. The number of nitrogens with zero attached hydrogens (tertiary/aromatic N) is 3. The maximum Gasteiger partial charge on any atom is 0.227 e. The van der Waals surface area contributed by atoms with E-state index in [2.05, 4.69) is 143 Å². The average molecular weight is 724 g/mol. The van der Waals surface area contributed by atoms with E-state index in [9.17, 15) is 0 Å². The van der Waals surface area contributed by atoms with Crippen molar-refractivity contribution in [2.75, 3.05) is 4.90 Å². The zero-order chi connectivity index (χ0) is 36.0. The van der Waals surface area contributed by atoms with Crippen LogP contribution in [0.15, 0.2) is 185 Å². The summed E-state index contributed by atoms with van der Waals surface area (Å²) in [5.74, 6) is 0.592. The Bertz CT molecular complexity index is 3450. The highest BCUT2D eigenvalue weighted by atomic mass is 32.1. The Morgan fingerprint density at radius 2 is 1.11 bits per heavy atom. The van der Waals surface area contributed by atoms with Crippen molar-refractivity contribution in [3.05, 3.63) is 176 Å². The number of hydrogen-bond acceptors (Lipinski definition) is 5. The van der Waals surface area contributed by atoms with Gasteiger partial charge in [0.05, 0.1) is 16.4 Å². The lowest BCUT2D eigenvalue weighted by Crippen LogP contribution is -2.09. The molecule has 0 aliphatic heterocycles. The van der Waals surface area contributed by atoms with Crippen LogP contribution in [-0.2, 0) is 0 Å². The van der Waals surface area contributed by atoms with Crippen molar-refractivity contribution in [1.29, 1.82) is 0 Å². The molecule has 4 heterocycles. The molecule has 258 valence electrons. The average Bonchev–Trinajstić information content (AvgIpc) is 4.02. The molecular weight excluding hydrogens is 695 g/mol. The van der Waals surface area contributed by atoms with Crippen LogP contribution in [0.5, 0.6) is 0 Å². The van der Waals surface area contributed by atoms with E-state index in [-0.39, 0.29) is 0 Å². The summed E-state index contributed by atoms with van der Waals surface area (Å²) in [6.45, 7) is 0. The third kappa shape index (κ3) is 4.62. The molecule has 0 radical (unpaired) electrons. The highest BCUT2D eigenvalue weighted by molar-refractivity contribution is 7.25. The zero-order valence-corrected chi connectivity index (χ0v) is 30.1. The number of oxazole rings is 1. The molecule has 12 rings (SSSR count). The fourth-order valence-electron chi connectivity index (χ4n) is 8.33. The van der Waals surface area contributed by atoms with Gasteiger partial charge in [-0.2, -0.15) is 0 Å². The molecule has 0 fully saturated rings. The second-order valence-corrected chi connectivity index (χ2v) is 15.0. The molecule has 6 heteroatoms. The molecule has 4 aromatic heterocycles. The van der Waals surface area contributed by atoms with Gasteiger partial charge >= 0.3 is 0 Å². The largest absolute Gasteiger partial charge is 0.456 e. The van der Waals surface area contributed by atoms with Gasteiger partial charge in [0, 0.05) is 64.6 Å². The number of anilines is 3. The van der Waals surface area contributed by atoms with Crippen molar-refractivity contribution in [1.82, 2.24) is 9.55 Å². The number of para-hydroxylation sites is 2. The van der Waals surface area contributed by atoms with E-state index in [4.69, 9.17) is 13.8 Å². The lowest BCUT2D eigenvalue weighted by molar-refractivity contribution is 0.622. The van der Waals surface area contributed by atoms with Crippen LogP contribution >= 0.6 is 11.3 Å². The topological polar surface area (TPSA) is 47.3 Å². The van der Waals surface area contributed by atoms with Crippen LogP contribution in [0.1, 0.15) is 0 Å². The number of hydrogen-bond donors (Lipinski definition) is 0. The molecule has 0 atom stereocenters. The van der Waals surface area contributed by atoms with Gasteiger partial charge in [0.1, 0.15) is 16.7 Å². The van der Waals surface area contributed by atoms with E-state index in [0.717, 1.165) is 66.9 Å². The quantitative estimate of drug-likeness (QED) is 0.177. The van der Waals surface area contributed by atoms with E-state index < -0.39 is 0 Å². The third-order valence-electron chi connectivity index (χ3n) is 10.8. The monoisotopic (exact) mass is 723 g/mol. The molecule has 12 aromatic rings. The summed E-state index contributed by atoms with van der Waals surface area (Å²) >= 11 is 1.83. The number of furan rings is 1. The summed E-state index contributed by atoms with van der Waals surface area (Å²) in [4.78, 5) is 7.25. The van der Waals surface area contributed by atoms with Crippen LogP contribution in [0.4, 0.5) is 17.1 Å². The molecule has 0 amide bonds. The number of rotatable bonds is 5. The molecular formula is C49H29N3O2S. The Kier molecular flexibility index (Phi) is 6.44. The van der Waals surface area contributed by atoms with Crippen LogP contribution in [0.2, 0.25) is 0 Å². The van der Waals surface area contributed by atoms with Gasteiger partial charge in [0.15, 0.2) is 5.58 Å². The molecule has 0 unspecified atom stereocenters. The van der Waals surface area contributed by atoms with E-state index in [1.165, 1.54) is 36.5 Å². The van der Waals surface area contributed by atoms with Gasteiger partial charge in [-0.3, -0.25) is 0 Å². The summed E-state index contributed by atoms with van der Waals surface area (Å²) < 4.78 is 17.9. The first-order chi connectivity index (χ1) is 27.2. The lowest BCUT2D eigenvalue weighted by Gasteiger charge is -2.26.